The number of carbonyl (C=O) groups excluding carboxylic acids is 1. The van der Waals surface area contributed by atoms with Crippen LogP contribution >= 0.6 is 0 Å². The van der Waals surface area contributed by atoms with Gasteiger partial charge in [0.2, 0.25) is 15.9 Å². The summed E-state index contributed by atoms with van der Waals surface area (Å²) in [7, 11) is -3.70. The number of amides is 1. The van der Waals surface area contributed by atoms with Gasteiger partial charge in [-0.3, -0.25) is 4.79 Å². The van der Waals surface area contributed by atoms with E-state index in [0.29, 0.717) is 32.5 Å². The average molecular weight is 499 g/mol. The molecular weight excluding hydrogens is 468 g/mol. The number of nitrogens with zero attached hydrogens (tertiary/aromatic N) is 2. The molecule has 1 aliphatic rings. The van der Waals surface area contributed by atoms with Gasteiger partial charge in [0.15, 0.2) is 0 Å². The molecule has 0 saturated carbocycles. The van der Waals surface area contributed by atoms with Crippen LogP contribution in [0.5, 0.6) is 0 Å². The first-order valence-electron chi connectivity index (χ1n) is 12.4. The van der Waals surface area contributed by atoms with Gasteiger partial charge in [0, 0.05) is 26.2 Å². The fraction of sp³-hybridized carbons (Fsp3) is 0.233. The number of rotatable bonds is 7. The molecule has 0 unspecified atom stereocenters. The highest BCUT2D eigenvalue weighted by atomic mass is 32.2. The Morgan fingerprint density at radius 3 is 2.00 bits per heavy atom. The molecule has 0 aliphatic carbocycles. The predicted molar refractivity (Wildman–Crippen MR) is 143 cm³/mol. The third-order valence-corrected chi connectivity index (χ3v) is 8.70. The number of sulfonamides is 1. The van der Waals surface area contributed by atoms with Crippen LogP contribution in [0.3, 0.4) is 0 Å². The maximum absolute atomic E-state index is 13.8. The molecule has 0 spiro atoms. The van der Waals surface area contributed by atoms with Crippen LogP contribution < -0.4 is 0 Å². The Labute approximate surface area is 213 Å². The van der Waals surface area contributed by atoms with Crippen molar-refractivity contribution >= 4 is 26.7 Å². The smallest absolute Gasteiger partial charge is 0.243 e. The van der Waals surface area contributed by atoms with Crippen LogP contribution in [0.2, 0.25) is 0 Å². The average Bonchev–Trinajstić information content (AvgIpc) is 2.93. The number of carbonyl (C=O) groups is 1. The summed E-state index contributed by atoms with van der Waals surface area (Å²) in [6, 6.07) is 32.8. The van der Waals surface area contributed by atoms with Gasteiger partial charge in [0.05, 0.1) is 10.8 Å². The standard InChI is InChI=1S/C30H30N2O3S/c33-30(31(21-24-10-3-1-4-11-24)22-25-12-5-2-6-13-25)28-16-9-19-32(23-28)36(34,35)29-18-17-26-14-7-8-15-27(26)20-29/h1-8,10-15,17-18,20,28H,9,16,19,21-23H2/t28-/m1/s1. The van der Waals surface area contributed by atoms with Crippen molar-refractivity contribution in [1.29, 1.82) is 0 Å². The lowest BCUT2D eigenvalue weighted by atomic mass is 9.97. The molecule has 6 heteroatoms. The number of hydrogen-bond donors (Lipinski definition) is 0. The number of piperidine rings is 1. The van der Waals surface area contributed by atoms with Crippen molar-refractivity contribution in [3.8, 4) is 0 Å². The van der Waals surface area contributed by atoms with Crippen molar-refractivity contribution in [3.63, 3.8) is 0 Å². The van der Waals surface area contributed by atoms with E-state index in [1.807, 2.05) is 95.9 Å². The van der Waals surface area contributed by atoms with E-state index in [-0.39, 0.29) is 23.3 Å². The minimum Gasteiger partial charge on any atom is -0.334 e. The van der Waals surface area contributed by atoms with Gasteiger partial charge < -0.3 is 4.90 Å². The molecule has 5 rings (SSSR count). The van der Waals surface area contributed by atoms with Gasteiger partial charge in [0.25, 0.3) is 0 Å². The van der Waals surface area contributed by atoms with Crippen LogP contribution in [0.1, 0.15) is 24.0 Å². The maximum Gasteiger partial charge on any atom is 0.243 e. The molecule has 184 valence electrons. The molecule has 1 aliphatic heterocycles. The fourth-order valence-electron chi connectivity index (χ4n) is 4.92. The molecule has 0 radical (unpaired) electrons. The summed E-state index contributed by atoms with van der Waals surface area (Å²) < 4.78 is 28.6. The summed E-state index contributed by atoms with van der Waals surface area (Å²) in [5.74, 6) is -0.373. The van der Waals surface area contributed by atoms with Crippen molar-refractivity contribution in [2.75, 3.05) is 13.1 Å². The third-order valence-electron chi connectivity index (χ3n) is 6.84. The highest BCUT2D eigenvalue weighted by molar-refractivity contribution is 7.89. The number of hydrogen-bond acceptors (Lipinski definition) is 3. The second-order valence-electron chi connectivity index (χ2n) is 9.38. The molecule has 5 nitrogen and oxygen atoms in total. The van der Waals surface area contributed by atoms with Gasteiger partial charge in [-0.05, 0) is 46.9 Å². The third kappa shape index (κ3) is 5.35. The van der Waals surface area contributed by atoms with E-state index in [1.165, 1.54) is 4.31 Å². The van der Waals surface area contributed by atoms with Gasteiger partial charge in [-0.2, -0.15) is 4.31 Å². The molecular formula is C30H30N2O3S. The van der Waals surface area contributed by atoms with Crippen LogP contribution in [0, 0.1) is 5.92 Å². The summed E-state index contributed by atoms with van der Waals surface area (Å²) in [5.41, 5.74) is 2.11. The topological polar surface area (TPSA) is 57.7 Å². The second kappa shape index (κ2) is 10.6. The molecule has 36 heavy (non-hydrogen) atoms. The Morgan fingerprint density at radius 1 is 0.778 bits per heavy atom. The molecule has 1 amide bonds. The molecule has 4 aromatic carbocycles. The SMILES string of the molecule is O=C([C@@H]1CCCN(S(=O)(=O)c2ccc3ccccc3c2)C1)N(Cc1ccccc1)Cc1ccccc1. The summed E-state index contributed by atoms with van der Waals surface area (Å²) in [6.07, 6.45) is 1.34. The van der Waals surface area contributed by atoms with Gasteiger partial charge in [0.1, 0.15) is 0 Å². The molecule has 1 heterocycles. The Morgan fingerprint density at radius 2 is 1.36 bits per heavy atom. The second-order valence-corrected chi connectivity index (χ2v) is 11.3. The van der Waals surface area contributed by atoms with E-state index in [2.05, 4.69) is 0 Å². The van der Waals surface area contributed by atoms with Gasteiger partial charge >= 0.3 is 0 Å². The van der Waals surface area contributed by atoms with Crippen molar-refractivity contribution in [3.05, 3.63) is 114 Å². The van der Waals surface area contributed by atoms with E-state index >= 15 is 0 Å². The first-order chi connectivity index (χ1) is 17.5. The largest absolute Gasteiger partial charge is 0.334 e. The van der Waals surface area contributed by atoms with E-state index in [0.717, 1.165) is 21.9 Å². The molecule has 1 atom stereocenters. The lowest BCUT2D eigenvalue weighted by Crippen LogP contribution is -2.46. The quantitative estimate of drug-likeness (QED) is 0.340. The highest BCUT2D eigenvalue weighted by Crippen LogP contribution is 2.28. The lowest BCUT2D eigenvalue weighted by molar-refractivity contribution is -0.138. The monoisotopic (exact) mass is 498 g/mol. The summed E-state index contributed by atoms with van der Waals surface area (Å²) >= 11 is 0. The van der Waals surface area contributed by atoms with E-state index in [4.69, 9.17) is 0 Å². The van der Waals surface area contributed by atoms with Crippen LogP contribution in [0.15, 0.2) is 108 Å². The molecule has 4 aromatic rings. The zero-order chi connectivity index (χ0) is 25.0. The Hall–Kier alpha value is -3.48. The zero-order valence-electron chi connectivity index (χ0n) is 20.2. The van der Waals surface area contributed by atoms with Crippen LogP contribution in [-0.4, -0.2) is 36.6 Å². The van der Waals surface area contributed by atoms with Crippen molar-refractivity contribution in [1.82, 2.24) is 9.21 Å². The summed E-state index contributed by atoms with van der Waals surface area (Å²) in [5, 5.41) is 1.89. The van der Waals surface area contributed by atoms with Gasteiger partial charge in [-0.1, -0.05) is 91.0 Å². The Kier molecular flexibility index (Phi) is 7.16. The van der Waals surface area contributed by atoms with E-state index < -0.39 is 10.0 Å². The van der Waals surface area contributed by atoms with Crippen LogP contribution in [0.25, 0.3) is 10.8 Å². The Balaban J connectivity index is 1.37. The molecule has 0 bridgehead atoms. The number of fused-ring (bicyclic) bond motifs is 1. The van der Waals surface area contributed by atoms with E-state index in [1.54, 1.807) is 12.1 Å². The van der Waals surface area contributed by atoms with Crippen molar-refractivity contribution in [2.24, 2.45) is 5.92 Å². The summed E-state index contributed by atoms with van der Waals surface area (Å²) in [6.45, 7) is 1.61. The van der Waals surface area contributed by atoms with Crippen molar-refractivity contribution < 1.29 is 13.2 Å². The minimum atomic E-state index is -3.70. The predicted octanol–water partition coefficient (Wildman–Crippen LogP) is 5.47. The van der Waals surface area contributed by atoms with E-state index in [9.17, 15) is 13.2 Å². The molecule has 0 N–H and O–H groups in total. The first kappa shape index (κ1) is 24.2. The minimum absolute atomic E-state index is 0.00103. The zero-order valence-corrected chi connectivity index (χ0v) is 21.0. The fourth-order valence-corrected chi connectivity index (χ4v) is 6.48. The molecule has 1 fully saturated rings. The normalized spacial score (nSPS) is 16.6. The maximum atomic E-state index is 13.8. The summed E-state index contributed by atoms with van der Waals surface area (Å²) in [4.78, 5) is 15.9. The molecule has 0 aromatic heterocycles. The van der Waals surface area contributed by atoms with Crippen LogP contribution in [0.4, 0.5) is 0 Å². The number of benzene rings is 4. The van der Waals surface area contributed by atoms with Gasteiger partial charge in [-0.15, -0.1) is 0 Å². The van der Waals surface area contributed by atoms with Gasteiger partial charge in [-0.25, -0.2) is 8.42 Å². The highest BCUT2D eigenvalue weighted by Gasteiger charge is 2.35. The van der Waals surface area contributed by atoms with Crippen molar-refractivity contribution in [2.45, 2.75) is 30.8 Å². The Bertz CT molecular complexity index is 1400. The lowest BCUT2D eigenvalue weighted by Gasteiger charge is -2.34. The first-order valence-corrected chi connectivity index (χ1v) is 13.8. The molecule has 1 saturated heterocycles. The van der Waals surface area contributed by atoms with Crippen LogP contribution in [-0.2, 0) is 27.9 Å².